The molecule has 6 heteroatoms. The highest BCUT2D eigenvalue weighted by Gasteiger charge is 2.44. The molecule has 0 spiro atoms. The molecule has 154 valence electrons. The molecular weight excluding hydrogens is 370 g/mol. The lowest BCUT2D eigenvalue weighted by Gasteiger charge is -2.40. The Morgan fingerprint density at radius 3 is 2.24 bits per heavy atom. The molecule has 2 aromatic carbocycles. The topological polar surface area (TPSA) is 114 Å². The summed E-state index contributed by atoms with van der Waals surface area (Å²) in [6.07, 6.45) is -4.59. The van der Waals surface area contributed by atoms with E-state index in [9.17, 15) is 25.7 Å². The van der Waals surface area contributed by atoms with E-state index in [-0.39, 0.29) is 0 Å². The van der Waals surface area contributed by atoms with E-state index in [0.29, 0.717) is 17.5 Å². The normalized spacial score (nSPS) is 26.9. The van der Waals surface area contributed by atoms with Gasteiger partial charge in [0.25, 0.3) is 0 Å². The molecule has 0 amide bonds. The Balaban J connectivity index is 1.97. The van der Waals surface area contributed by atoms with Crippen LogP contribution in [0, 0.1) is 18.3 Å². The molecule has 2 aromatic rings. The lowest BCUT2D eigenvalue weighted by Crippen LogP contribution is -2.55. The second-order valence-electron chi connectivity index (χ2n) is 7.58. The zero-order valence-corrected chi connectivity index (χ0v) is 16.6. The van der Waals surface area contributed by atoms with Crippen molar-refractivity contribution in [1.29, 1.82) is 5.26 Å². The van der Waals surface area contributed by atoms with Crippen molar-refractivity contribution in [3.63, 3.8) is 0 Å². The van der Waals surface area contributed by atoms with Crippen LogP contribution in [0.2, 0.25) is 0 Å². The fourth-order valence-corrected chi connectivity index (χ4v) is 3.84. The molecule has 1 fully saturated rings. The Labute approximate surface area is 170 Å². The molecule has 0 aliphatic carbocycles. The molecule has 3 rings (SSSR count). The van der Waals surface area contributed by atoms with Gasteiger partial charge in [-0.05, 0) is 47.6 Å². The summed E-state index contributed by atoms with van der Waals surface area (Å²) < 4.78 is 5.69. The Morgan fingerprint density at radius 2 is 1.66 bits per heavy atom. The molecule has 0 saturated carbocycles. The molecule has 29 heavy (non-hydrogen) atoms. The van der Waals surface area contributed by atoms with E-state index in [1.54, 1.807) is 12.1 Å². The minimum Gasteiger partial charge on any atom is -0.394 e. The highest BCUT2D eigenvalue weighted by Crippen LogP contribution is 2.34. The van der Waals surface area contributed by atoms with E-state index in [1.807, 2.05) is 19.1 Å². The average molecular weight is 397 g/mol. The van der Waals surface area contributed by atoms with Gasteiger partial charge < -0.3 is 25.2 Å². The zero-order valence-electron chi connectivity index (χ0n) is 16.6. The summed E-state index contributed by atoms with van der Waals surface area (Å²) in [5, 5.41) is 49.6. The minimum atomic E-state index is -1.44. The van der Waals surface area contributed by atoms with Gasteiger partial charge in [-0.3, -0.25) is 0 Å². The van der Waals surface area contributed by atoms with Crippen molar-refractivity contribution in [3.05, 3.63) is 69.8 Å². The molecule has 0 bridgehead atoms. The van der Waals surface area contributed by atoms with Gasteiger partial charge in [-0.15, -0.1) is 0 Å². The number of hydrogen-bond donors (Lipinski definition) is 4. The van der Waals surface area contributed by atoms with Crippen LogP contribution in [0.4, 0.5) is 0 Å². The summed E-state index contributed by atoms with van der Waals surface area (Å²) in [6, 6.07) is 14.0. The fraction of sp³-hybridized carbons (Fsp3) is 0.435. The van der Waals surface area contributed by atoms with Crippen LogP contribution in [-0.4, -0.2) is 51.4 Å². The molecule has 5 atom stereocenters. The van der Waals surface area contributed by atoms with Gasteiger partial charge in [-0.1, -0.05) is 43.3 Å². The van der Waals surface area contributed by atoms with Gasteiger partial charge in [-0.25, -0.2) is 0 Å². The first-order chi connectivity index (χ1) is 13.9. The van der Waals surface area contributed by atoms with Gasteiger partial charge >= 0.3 is 0 Å². The Morgan fingerprint density at radius 1 is 1.00 bits per heavy atom. The van der Waals surface area contributed by atoms with E-state index in [2.05, 4.69) is 25.1 Å². The summed E-state index contributed by atoms with van der Waals surface area (Å²) in [7, 11) is 0. The number of aliphatic hydroxyl groups is 4. The fourth-order valence-electron chi connectivity index (χ4n) is 3.84. The molecule has 3 unspecified atom stereocenters. The van der Waals surface area contributed by atoms with Crippen LogP contribution in [0.15, 0.2) is 36.4 Å². The number of aliphatic hydroxyl groups excluding tert-OH is 4. The quantitative estimate of drug-likeness (QED) is 0.609. The molecule has 4 N–H and O–H groups in total. The largest absolute Gasteiger partial charge is 0.394 e. The highest BCUT2D eigenvalue weighted by atomic mass is 16.5. The predicted octanol–water partition coefficient (Wildman–Crippen LogP) is 1.53. The van der Waals surface area contributed by atoms with Gasteiger partial charge in [0.05, 0.1) is 18.2 Å². The number of hydrogen-bond acceptors (Lipinski definition) is 6. The molecule has 1 aliphatic heterocycles. The van der Waals surface area contributed by atoms with E-state index in [4.69, 9.17) is 4.74 Å². The zero-order chi connectivity index (χ0) is 21.1. The van der Waals surface area contributed by atoms with Gasteiger partial charge in [0.15, 0.2) is 0 Å². The third-order valence-electron chi connectivity index (χ3n) is 5.60. The number of ether oxygens (including phenoxy) is 1. The summed E-state index contributed by atoms with van der Waals surface area (Å²) in [6.45, 7) is 3.43. The van der Waals surface area contributed by atoms with Crippen molar-refractivity contribution in [3.8, 4) is 6.07 Å². The van der Waals surface area contributed by atoms with Crippen molar-refractivity contribution in [2.75, 3.05) is 6.61 Å². The van der Waals surface area contributed by atoms with Crippen LogP contribution < -0.4 is 0 Å². The summed E-state index contributed by atoms with van der Waals surface area (Å²) in [5.41, 5.74) is 4.99. The van der Waals surface area contributed by atoms with Crippen LogP contribution in [0.1, 0.15) is 46.4 Å². The van der Waals surface area contributed by atoms with Crippen LogP contribution >= 0.6 is 0 Å². The van der Waals surface area contributed by atoms with E-state index in [0.717, 1.165) is 23.1 Å². The Kier molecular flexibility index (Phi) is 6.68. The number of aryl methyl sites for hydroxylation is 2. The second-order valence-corrected chi connectivity index (χ2v) is 7.58. The molecular formula is C23H27NO5. The van der Waals surface area contributed by atoms with E-state index < -0.39 is 37.1 Å². The van der Waals surface area contributed by atoms with Crippen molar-refractivity contribution in [1.82, 2.24) is 0 Å². The van der Waals surface area contributed by atoms with Crippen LogP contribution in [0.25, 0.3) is 0 Å². The summed E-state index contributed by atoms with van der Waals surface area (Å²) >= 11 is 0. The van der Waals surface area contributed by atoms with Gasteiger partial charge in [-0.2, -0.15) is 5.26 Å². The van der Waals surface area contributed by atoms with Crippen molar-refractivity contribution in [2.24, 2.45) is 0 Å². The standard InChI is InChI=1S/C23H27NO5/c1-3-14-4-6-15(7-5-14)9-16-10-17(8-13(2)18(16)11-24)23-22(28)21(27)20(26)19(12-25)29-23/h4-8,10,19-23,25-28H,3,9,12H2,1-2H3/t19?,20-,21?,22-,23?/m1/s1. The van der Waals surface area contributed by atoms with Crippen molar-refractivity contribution >= 4 is 0 Å². The summed E-state index contributed by atoms with van der Waals surface area (Å²) in [4.78, 5) is 0. The number of benzene rings is 2. The SMILES string of the molecule is CCc1ccc(Cc2cc(C3OC(CO)[C@@H](O)C(O)[C@H]3O)cc(C)c2C#N)cc1. The molecule has 0 radical (unpaired) electrons. The maximum absolute atomic E-state index is 10.4. The number of nitriles is 1. The van der Waals surface area contributed by atoms with Gasteiger partial charge in [0.2, 0.25) is 0 Å². The number of nitrogens with zero attached hydrogens (tertiary/aromatic N) is 1. The first kappa shape index (κ1) is 21.4. The summed E-state index contributed by atoms with van der Waals surface area (Å²) in [5.74, 6) is 0. The van der Waals surface area contributed by atoms with Crippen LogP contribution in [0.5, 0.6) is 0 Å². The average Bonchev–Trinajstić information content (AvgIpc) is 2.72. The van der Waals surface area contributed by atoms with Crippen LogP contribution in [-0.2, 0) is 17.6 Å². The van der Waals surface area contributed by atoms with Crippen LogP contribution in [0.3, 0.4) is 0 Å². The maximum Gasteiger partial charge on any atom is 0.113 e. The van der Waals surface area contributed by atoms with Crippen molar-refractivity contribution < 1.29 is 25.2 Å². The third kappa shape index (κ3) is 4.35. The maximum atomic E-state index is 10.4. The third-order valence-corrected chi connectivity index (χ3v) is 5.60. The van der Waals surface area contributed by atoms with Gasteiger partial charge in [0.1, 0.15) is 30.5 Å². The lowest BCUT2D eigenvalue weighted by atomic mass is 9.87. The molecule has 6 nitrogen and oxygen atoms in total. The van der Waals surface area contributed by atoms with E-state index in [1.165, 1.54) is 5.56 Å². The molecule has 0 aromatic heterocycles. The highest BCUT2D eigenvalue weighted by molar-refractivity contribution is 5.49. The van der Waals surface area contributed by atoms with Gasteiger partial charge in [0, 0.05) is 0 Å². The Bertz CT molecular complexity index is 887. The second kappa shape index (κ2) is 9.04. The molecule has 1 aliphatic rings. The lowest BCUT2D eigenvalue weighted by molar-refractivity contribution is -0.231. The van der Waals surface area contributed by atoms with Crippen molar-refractivity contribution in [2.45, 2.75) is 57.2 Å². The number of rotatable bonds is 5. The smallest absolute Gasteiger partial charge is 0.113 e. The Hall–Kier alpha value is -2.27. The first-order valence-corrected chi connectivity index (χ1v) is 9.81. The minimum absolute atomic E-state index is 0.479. The first-order valence-electron chi connectivity index (χ1n) is 9.81. The van der Waals surface area contributed by atoms with E-state index >= 15 is 0 Å². The molecule has 1 saturated heterocycles. The monoisotopic (exact) mass is 397 g/mol. The predicted molar refractivity (Wildman–Crippen MR) is 107 cm³/mol. The molecule has 1 heterocycles.